The van der Waals surface area contributed by atoms with Crippen molar-refractivity contribution in [1.82, 2.24) is 0 Å². The molecule has 0 spiro atoms. The molecule has 0 bridgehead atoms. The molecular formula is C10H20O3. The van der Waals surface area contributed by atoms with E-state index in [0.29, 0.717) is 6.61 Å². The van der Waals surface area contributed by atoms with Crippen LogP contribution in [-0.2, 0) is 4.74 Å². The monoisotopic (exact) mass is 188 g/mol. The van der Waals surface area contributed by atoms with Gasteiger partial charge in [-0.05, 0) is 12.8 Å². The lowest BCUT2D eigenvalue weighted by Gasteiger charge is -2.26. The standard InChI is InChI=1S/C10H20O3/c1-4-6-7-10(3,5-2)8-13-9(11)12/h4-8H2,1-3H3,(H,11,12). The van der Waals surface area contributed by atoms with E-state index < -0.39 is 6.16 Å². The van der Waals surface area contributed by atoms with Crippen LogP contribution in [0, 0.1) is 5.41 Å². The van der Waals surface area contributed by atoms with Crippen LogP contribution in [0.3, 0.4) is 0 Å². The van der Waals surface area contributed by atoms with Gasteiger partial charge in [0.1, 0.15) is 6.61 Å². The molecular weight excluding hydrogens is 168 g/mol. The zero-order valence-electron chi connectivity index (χ0n) is 8.80. The number of hydrogen-bond donors (Lipinski definition) is 1. The third-order valence-corrected chi connectivity index (χ3v) is 2.53. The minimum atomic E-state index is -1.17. The Morgan fingerprint density at radius 3 is 2.46 bits per heavy atom. The Morgan fingerprint density at radius 1 is 1.46 bits per heavy atom. The van der Waals surface area contributed by atoms with Crippen molar-refractivity contribution in [3.63, 3.8) is 0 Å². The number of carboxylic acid groups (broad SMARTS) is 1. The SMILES string of the molecule is CCCCC(C)(CC)COC(=O)O. The lowest BCUT2D eigenvalue weighted by Crippen LogP contribution is -2.24. The quantitative estimate of drug-likeness (QED) is 0.650. The van der Waals surface area contributed by atoms with Crippen LogP contribution >= 0.6 is 0 Å². The van der Waals surface area contributed by atoms with E-state index in [0.717, 1.165) is 25.7 Å². The first-order valence-electron chi connectivity index (χ1n) is 4.90. The van der Waals surface area contributed by atoms with Crippen LogP contribution in [0.4, 0.5) is 4.79 Å². The Bertz CT molecular complexity index is 156. The molecule has 0 saturated carbocycles. The van der Waals surface area contributed by atoms with Crippen LogP contribution in [0.5, 0.6) is 0 Å². The van der Waals surface area contributed by atoms with E-state index in [4.69, 9.17) is 5.11 Å². The Hall–Kier alpha value is -0.730. The summed E-state index contributed by atoms with van der Waals surface area (Å²) in [6.45, 7) is 6.60. The molecule has 0 rings (SSSR count). The van der Waals surface area contributed by atoms with Gasteiger partial charge in [-0.2, -0.15) is 0 Å². The first kappa shape index (κ1) is 12.3. The molecule has 0 aliphatic heterocycles. The van der Waals surface area contributed by atoms with Crippen LogP contribution in [0.2, 0.25) is 0 Å². The Labute approximate surface area is 80.1 Å². The fourth-order valence-electron chi connectivity index (χ4n) is 1.19. The fourth-order valence-corrected chi connectivity index (χ4v) is 1.19. The summed E-state index contributed by atoms with van der Waals surface area (Å²) in [5.74, 6) is 0. The molecule has 13 heavy (non-hydrogen) atoms. The highest BCUT2D eigenvalue weighted by Crippen LogP contribution is 2.28. The summed E-state index contributed by atoms with van der Waals surface area (Å²) in [7, 11) is 0. The fraction of sp³-hybridized carbons (Fsp3) is 0.900. The largest absolute Gasteiger partial charge is 0.505 e. The molecule has 0 saturated heterocycles. The molecule has 1 atom stereocenters. The third-order valence-electron chi connectivity index (χ3n) is 2.53. The number of rotatable bonds is 6. The first-order chi connectivity index (χ1) is 6.04. The van der Waals surface area contributed by atoms with E-state index in [1.807, 2.05) is 0 Å². The molecule has 3 nitrogen and oxygen atoms in total. The van der Waals surface area contributed by atoms with Gasteiger partial charge in [-0.1, -0.05) is 33.6 Å². The predicted molar refractivity (Wildman–Crippen MR) is 51.9 cm³/mol. The molecule has 0 aromatic heterocycles. The molecule has 0 aromatic carbocycles. The normalized spacial score (nSPS) is 15.0. The van der Waals surface area contributed by atoms with Crippen molar-refractivity contribution in [2.45, 2.75) is 46.5 Å². The molecule has 0 fully saturated rings. The smallest absolute Gasteiger partial charge is 0.450 e. The molecule has 0 aliphatic carbocycles. The van der Waals surface area contributed by atoms with E-state index >= 15 is 0 Å². The van der Waals surface area contributed by atoms with Gasteiger partial charge in [-0.3, -0.25) is 0 Å². The number of carbonyl (C=O) groups is 1. The van der Waals surface area contributed by atoms with E-state index in [2.05, 4.69) is 25.5 Å². The summed E-state index contributed by atoms with van der Waals surface area (Å²) in [5, 5.41) is 8.38. The zero-order chi connectivity index (χ0) is 10.3. The van der Waals surface area contributed by atoms with E-state index in [1.54, 1.807) is 0 Å². The number of ether oxygens (including phenoxy) is 1. The van der Waals surface area contributed by atoms with E-state index in [-0.39, 0.29) is 5.41 Å². The van der Waals surface area contributed by atoms with Gasteiger partial charge in [0, 0.05) is 5.41 Å². The van der Waals surface area contributed by atoms with Gasteiger partial charge in [0.05, 0.1) is 0 Å². The summed E-state index contributed by atoms with van der Waals surface area (Å²) in [6, 6.07) is 0. The van der Waals surface area contributed by atoms with Gasteiger partial charge >= 0.3 is 6.16 Å². The maximum absolute atomic E-state index is 10.2. The van der Waals surface area contributed by atoms with Crippen molar-refractivity contribution >= 4 is 6.16 Å². The maximum Gasteiger partial charge on any atom is 0.505 e. The summed E-state index contributed by atoms with van der Waals surface area (Å²) in [6.07, 6.45) is 3.10. The van der Waals surface area contributed by atoms with Crippen molar-refractivity contribution in [2.24, 2.45) is 5.41 Å². The van der Waals surface area contributed by atoms with Crippen LogP contribution in [0.25, 0.3) is 0 Å². The predicted octanol–water partition coefficient (Wildman–Crippen LogP) is 3.29. The highest BCUT2D eigenvalue weighted by atomic mass is 16.7. The van der Waals surface area contributed by atoms with Gasteiger partial charge < -0.3 is 9.84 Å². The topological polar surface area (TPSA) is 46.5 Å². The maximum atomic E-state index is 10.2. The lowest BCUT2D eigenvalue weighted by molar-refractivity contribution is 0.0457. The van der Waals surface area contributed by atoms with Crippen LogP contribution < -0.4 is 0 Å². The minimum Gasteiger partial charge on any atom is -0.450 e. The van der Waals surface area contributed by atoms with Gasteiger partial charge in [0.15, 0.2) is 0 Å². The summed E-state index contributed by atoms with van der Waals surface area (Å²) in [4.78, 5) is 10.2. The second-order valence-electron chi connectivity index (χ2n) is 3.82. The van der Waals surface area contributed by atoms with Crippen molar-refractivity contribution in [3.8, 4) is 0 Å². The van der Waals surface area contributed by atoms with E-state index in [1.165, 1.54) is 0 Å². The average molecular weight is 188 g/mol. The van der Waals surface area contributed by atoms with Crippen molar-refractivity contribution in [1.29, 1.82) is 0 Å². The second kappa shape index (κ2) is 5.84. The molecule has 0 aliphatic rings. The average Bonchev–Trinajstić information content (AvgIpc) is 2.11. The lowest BCUT2D eigenvalue weighted by atomic mass is 9.83. The molecule has 78 valence electrons. The van der Waals surface area contributed by atoms with Gasteiger partial charge in [-0.15, -0.1) is 0 Å². The first-order valence-corrected chi connectivity index (χ1v) is 4.90. The molecule has 0 aromatic rings. The molecule has 0 heterocycles. The van der Waals surface area contributed by atoms with Crippen molar-refractivity contribution in [3.05, 3.63) is 0 Å². The summed E-state index contributed by atoms with van der Waals surface area (Å²) < 4.78 is 4.61. The Kier molecular flexibility index (Phi) is 5.51. The molecule has 0 amide bonds. The molecule has 0 radical (unpaired) electrons. The van der Waals surface area contributed by atoms with Crippen LogP contribution in [0.1, 0.15) is 46.5 Å². The Morgan fingerprint density at radius 2 is 2.08 bits per heavy atom. The number of hydrogen-bond acceptors (Lipinski definition) is 2. The van der Waals surface area contributed by atoms with Crippen molar-refractivity contribution < 1.29 is 14.6 Å². The molecule has 1 N–H and O–H groups in total. The highest BCUT2D eigenvalue weighted by molar-refractivity contribution is 5.56. The second-order valence-corrected chi connectivity index (χ2v) is 3.82. The third kappa shape index (κ3) is 5.50. The van der Waals surface area contributed by atoms with Crippen LogP contribution in [-0.4, -0.2) is 17.9 Å². The highest BCUT2D eigenvalue weighted by Gasteiger charge is 2.23. The molecule has 1 unspecified atom stereocenters. The van der Waals surface area contributed by atoms with Gasteiger partial charge in [0.25, 0.3) is 0 Å². The zero-order valence-corrected chi connectivity index (χ0v) is 8.80. The van der Waals surface area contributed by atoms with Crippen LogP contribution in [0.15, 0.2) is 0 Å². The number of unbranched alkanes of at least 4 members (excludes halogenated alkanes) is 1. The van der Waals surface area contributed by atoms with Gasteiger partial charge in [0.2, 0.25) is 0 Å². The van der Waals surface area contributed by atoms with Crippen molar-refractivity contribution in [2.75, 3.05) is 6.61 Å². The summed E-state index contributed by atoms with van der Waals surface area (Å²) in [5.41, 5.74) is 0.0222. The minimum absolute atomic E-state index is 0.0222. The van der Waals surface area contributed by atoms with E-state index in [9.17, 15) is 4.79 Å². The van der Waals surface area contributed by atoms with Gasteiger partial charge in [-0.25, -0.2) is 4.79 Å². The Balaban J connectivity index is 3.87. The molecule has 3 heteroatoms. The summed E-state index contributed by atoms with van der Waals surface area (Å²) >= 11 is 0.